The minimum atomic E-state index is -0.944. The number of carbonyl (C=O) groups is 2. The molecule has 4 aromatic rings. The van der Waals surface area contributed by atoms with Gasteiger partial charge in [0.1, 0.15) is 11.4 Å². The molecular formula is C28H24F2N6O6. The van der Waals surface area contributed by atoms with Gasteiger partial charge < -0.3 is 20.2 Å². The summed E-state index contributed by atoms with van der Waals surface area (Å²) in [5.74, 6) is -2.56. The van der Waals surface area contributed by atoms with Gasteiger partial charge in [-0.15, -0.1) is 0 Å². The third kappa shape index (κ3) is 6.38. The number of rotatable bonds is 9. The van der Waals surface area contributed by atoms with Crippen LogP contribution in [-0.4, -0.2) is 39.4 Å². The van der Waals surface area contributed by atoms with E-state index in [0.717, 1.165) is 39.7 Å². The normalized spacial score (nSPS) is 10.6. The highest BCUT2D eigenvalue weighted by Gasteiger charge is 2.20. The molecule has 2 aromatic heterocycles. The topological polar surface area (TPSA) is 157 Å². The van der Waals surface area contributed by atoms with Gasteiger partial charge in [0.15, 0.2) is 17.3 Å². The fourth-order valence-corrected chi connectivity index (χ4v) is 3.83. The third-order valence-electron chi connectivity index (χ3n) is 5.89. The Labute approximate surface area is 236 Å². The van der Waals surface area contributed by atoms with Gasteiger partial charge in [0.05, 0.1) is 30.4 Å². The van der Waals surface area contributed by atoms with Crippen LogP contribution in [-0.2, 0) is 17.7 Å². The van der Waals surface area contributed by atoms with Crippen LogP contribution < -0.4 is 26.6 Å². The molecule has 216 valence electrons. The lowest BCUT2D eigenvalue weighted by atomic mass is 10.2. The Hall–Kier alpha value is -5.66. The molecule has 3 N–H and O–H groups in total. The molecule has 2 heterocycles. The monoisotopic (exact) mass is 578 g/mol. The van der Waals surface area contributed by atoms with Crippen LogP contribution in [0.25, 0.3) is 5.69 Å². The highest BCUT2D eigenvalue weighted by Crippen LogP contribution is 2.30. The molecule has 0 aliphatic heterocycles. The Morgan fingerprint density at radius 3 is 2.40 bits per heavy atom. The first kappa shape index (κ1) is 29.3. The number of nitrogens with one attached hydrogen (secondary N) is 3. The minimum Gasteiger partial charge on any atom is -0.453 e. The predicted octanol–water partition coefficient (Wildman–Crippen LogP) is 4.11. The van der Waals surface area contributed by atoms with Crippen LogP contribution in [0.5, 0.6) is 11.5 Å². The number of ether oxygens (including phenoxy) is 2. The van der Waals surface area contributed by atoms with Gasteiger partial charge in [0, 0.05) is 43.2 Å². The summed E-state index contributed by atoms with van der Waals surface area (Å²) < 4.78 is 40.6. The molecule has 2 aromatic carbocycles. The van der Waals surface area contributed by atoms with Crippen LogP contribution in [0.4, 0.5) is 25.0 Å². The first-order chi connectivity index (χ1) is 20.1. The number of methoxy groups -OCH3 is 1. The minimum absolute atomic E-state index is 0.0224. The second-order valence-electron chi connectivity index (χ2n) is 8.62. The Balaban J connectivity index is 1.62. The number of hydrogen-bond donors (Lipinski definition) is 3. The average molecular weight is 579 g/mol. The van der Waals surface area contributed by atoms with Crippen LogP contribution in [0.2, 0.25) is 0 Å². The standard InChI is InChI=1S/C28H24F2N6O6/c1-3-35-15-20(26(38)36(28(35)40)19-7-4-16(29)5-8-19)25(37)33-17-6-9-23(21(30)12-17)42-24-13-18(34-27(39)41-2)14-32-22(24)10-11-31/h4-9,11-15,31H,3,10H2,1-2H3,(H,33,37)(H,34,39). The molecule has 0 fully saturated rings. The fraction of sp³-hybridized carbons (Fsp3) is 0.143. The van der Waals surface area contributed by atoms with Gasteiger partial charge in [-0.2, -0.15) is 0 Å². The van der Waals surface area contributed by atoms with Gasteiger partial charge >= 0.3 is 11.8 Å². The van der Waals surface area contributed by atoms with E-state index in [4.69, 9.17) is 10.1 Å². The number of anilines is 2. The maximum Gasteiger partial charge on any atom is 0.411 e. The Morgan fingerprint density at radius 1 is 1.02 bits per heavy atom. The van der Waals surface area contributed by atoms with Crippen molar-refractivity contribution >= 4 is 29.6 Å². The number of hydrogen-bond acceptors (Lipinski definition) is 8. The quantitative estimate of drug-likeness (QED) is 0.252. The van der Waals surface area contributed by atoms with E-state index < -0.39 is 40.4 Å². The smallest absolute Gasteiger partial charge is 0.411 e. The number of amides is 2. The van der Waals surface area contributed by atoms with E-state index in [9.17, 15) is 23.6 Å². The summed E-state index contributed by atoms with van der Waals surface area (Å²) in [6.45, 7) is 1.77. The molecule has 0 saturated carbocycles. The van der Waals surface area contributed by atoms with Gasteiger partial charge in [0.2, 0.25) is 0 Å². The van der Waals surface area contributed by atoms with Crippen LogP contribution in [0, 0.1) is 17.0 Å². The Kier molecular flexibility index (Phi) is 8.85. The molecule has 0 saturated heterocycles. The first-order valence-electron chi connectivity index (χ1n) is 12.4. The van der Waals surface area contributed by atoms with E-state index in [0.29, 0.717) is 5.69 Å². The van der Waals surface area contributed by atoms with Gasteiger partial charge in [-0.05, 0) is 43.3 Å². The summed E-state index contributed by atoms with van der Waals surface area (Å²) in [6, 6.07) is 9.51. The van der Waals surface area contributed by atoms with Crippen molar-refractivity contribution in [2.75, 3.05) is 17.7 Å². The highest BCUT2D eigenvalue weighted by molar-refractivity contribution is 6.03. The summed E-state index contributed by atoms with van der Waals surface area (Å²) in [4.78, 5) is 54.7. The summed E-state index contributed by atoms with van der Waals surface area (Å²) in [5.41, 5.74) is -1.53. The van der Waals surface area contributed by atoms with Crippen LogP contribution in [0.1, 0.15) is 23.0 Å². The second kappa shape index (κ2) is 12.7. The van der Waals surface area contributed by atoms with Gasteiger partial charge in [-0.3, -0.25) is 24.5 Å². The Morgan fingerprint density at radius 2 is 1.76 bits per heavy atom. The van der Waals surface area contributed by atoms with Crippen molar-refractivity contribution in [2.45, 2.75) is 19.9 Å². The third-order valence-corrected chi connectivity index (χ3v) is 5.89. The highest BCUT2D eigenvalue weighted by atomic mass is 19.1. The first-order valence-corrected chi connectivity index (χ1v) is 12.4. The molecule has 0 unspecified atom stereocenters. The van der Waals surface area contributed by atoms with Crippen molar-refractivity contribution in [3.8, 4) is 17.2 Å². The molecule has 2 amide bonds. The molecular weight excluding hydrogens is 554 g/mol. The van der Waals surface area contributed by atoms with Gasteiger partial charge in [-0.25, -0.2) is 22.9 Å². The molecule has 0 atom stereocenters. The van der Waals surface area contributed by atoms with Crippen molar-refractivity contribution in [3.63, 3.8) is 0 Å². The lowest BCUT2D eigenvalue weighted by Crippen LogP contribution is -2.42. The number of aromatic nitrogens is 3. The molecule has 0 radical (unpaired) electrons. The maximum atomic E-state index is 15.1. The second-order valence-corrected chi connectivity index (χ2v) is 8.62. The molecule has 0 bridgehead atoms. The van der Waals surface area contributed by atoms with Crippen molar-refractivity contribution < 1.29 is 27.8 Å². The van der Waals surface area contributed by atoms with Crippen LogP contribution in [0.15, 0.2) is 70.5 Å². The molecule has 0 aliphatic carbocycles. The van der Waals surface area contributed by atoms with Crippen molar-refractivity contribution in [1.82, 2.24) is 14.1 Å². The zero-order chi connectivity index (χ0) is 30.4. The van der Waals surface area contributed by atoms with E-state index in [1.165, 1.54) is 43.6 Å². The van der Waals surface area contributed by atoms with E-state index in [1.807, 2.05) is 0 Å². The zero-order valence-corrected chi connectivity index (χ0v) is 22.3. The summed E-state index contributed by atoms with van der Waals surface area (Å²) >= 11 is 0. The van der Waals surface area contributed by atoms with E-state index in [-0.39, 0.29) is 41.5 Å². The number of halogens is 2. The van der Waals surface area contributed by atoms with E-state index in [1.54, 1.807) is 6.92 Å². The fourth-order valence-electron chi connectivity index (χ4n) is 3.83. The molecule has 0 spiro atoms. The van der Waals surface area contributed by atoms with Crippen molar-refractivity contribution in [3.05, 3.63) is 105 Å². The van der Waals surface area contributed by atoms with Crippen LogP contribution in [0.3, 0.4) is 0 Å². The number of carbonyl (C=O) groups excluding carboxylic acids is 2. The summed E-state index contributed by atoms with van der Waals surface area (Å²) in [6.07, 6.45) is 2.81. The largest absolute Gasteiger partial charge is 0.453 e. The molecule has 12 nitrogen and oxygen atoms in total. The number of nitrogens with zero attached hydrogens (tertiary/aromatic N) is 3. The van der Waals surface area contributed by atoms with Crippen LogP contribution >= 0.6 is 0 Å². The molecule has 4 rings (SSSR count). The van der Waals surface area contributed by atoms with Gasteiger partial charge in [0.25, 0.3) is 11.5 Å². The maximum absolute atomic E-state index is 15.1. The average Bonchev–Trinajstić information content (AvgIpc) is 2.97. The van der Waals surface area contributed by atoms with Crippen molar-refractivity contribution in [2.24, 2.45) is 0 Å². The number of benzene rings is 2. The Bertz CT molecular complexity index is 1790. The lowest BCUT2D eigenvalue weighted by molar-refractivity contribution is 0.102. The number of pyridine rings is 1. The number of aryl methyl sites for hydroxylation is 1. The predicted molar refractivity (Wildman–Crippen MR) is 149 cm³/mol. The summed E-state index contributed by atoms with van der Waals surface area (Å²) in [7, 11) is 1.18. The molecule has 14 heteroatoms. The molecule has 42 heavy (non-hydrogen) atoms. The van der Waals surface area contributed by atoms with Crippen molar-refractivity contribution in [1.29, 1.82) is 5.41 Å². The lowest BCUT2D eigenvalue weighted by Gasteiger charge is -2.14. The van der Waals surface area contributed by atoms with E-state index >= 15 is 4.39 Å². The van der Waals surface area contributed by atoms with Gasteiger partial charge in [-0.1, -0.05) is 0 Å². The van der Waals surface area contributed by atoms with E-state index in [2.05, 4.69) is 20.4 Å². The zero-order valence-electron chi connectivity index (χ0n) is 22.3. The molecule has 0 aliphatic rings. The SMILES string of the molecule is CCn1cc(C(=O)Nc2ccc(Oc3cc(NC(=O)OC)cnc3CC=N)c(F)c2)c(=O)n(-c2ccc(F)cc2)c1=O. The summed E-state index contributed by atoms with van der Waals surface area (Å²) in [5, 5.41) is 12.2.